The summed E-state index contributed by atoms with van der Waals surface area (Å²) in [4.78, 5) is 23.3. The van der Waals surface area contributed by atoms with Gasteiger partial charge in [0.1, 0.15) is 5.60 Å². The number of nitrogens with one attached hydrogen (secondary N) is 1. The molecule has 5 nitrogen and oxygen atoms in total. The molecular formula is C15H25NO4. The summed E-state index contributed by atoms with van der Waals surface area (Å²) in [6.45, 7) is 5.41. The third-order valence-electron chi connectivity index (χ3n) is 4.40. The first-order chi connectivity index (χ1) is 9.29. The van der Waals surface area contributed by atoms with Gasteiger partial charge in [0.2, 0.25) is 0 Å². The van der Waals surface area contributed by atoms with E-state index >= 15 is 0 Å². The smallest absolute Gasteiger partial charge is 0.407 e. The van der Waals surface area contributed by atoms with Crippen LogP contribution < -0.4 is 5.32 Å². The normalized spacial score (nSPS) is 33.4. The molecule has 2 rings (SSSR count). The summed E-state index contributed by atoms with van der Waals surface area (Å²) in [5.41, 5.74) is -0.560. The first-order valence-electron chi connectivity index (χ1n) is 7.52. The second-order valence-electron chi connectivity index (χ2n) is 7.00. The largest absolute Gasteiger partial charge is 0.481 e. The van der Waals surface area contributed by atoms with Crippen LogP contribution in [0.1, 0.15) is 52.9 Å². The van der Waals surface area contributed by atoms with Crippen LogP contribution in [-0.4, -0.2) is 28.8 Å². The molecule has 0 aliphatic heterocycles. The molecule has 0 aromatic heterocycles. The molecule has 2 aliphatic rings. The molecule has 0 radical (unpaired) electrons. The van der Waals surface area contributed by atoms with Crippen LogP contribution in [0.2, 0.25) is 0 Å². The number of carboxylic acids is 1. The summed E-state index contributed by atoms with van der Waals surface area (Å²) in [6, 6.07) is -0.273. The number of carbonyl (C=O) groups is 2. The molecule has 20 heavy (non-hydrogen) atoms. The van der Waals surface area contributed by atoms with Crippen LogP contribution in [0.3, 0.4) is 0 Å². The Hall–Kier alpha value is -1.26. The van der Waals surface area contributed by atoms with Gasteiger partial charge in [0.05, 0.1) is 5.92 Å². The molecule has 2 saturated carbocycles. The first kappa shape index (κ1) is 15.1. The number of carboxylic acid groups (broad SMARTS) is 1. The zero-order valence-electron chi connectivity index (χ0n) is 12.5. The Bertz CT molecular complexity index is 388. The third-order valence-corrected chi connectivity index (χ3v) is 4.40. The lowest BCUT2D eigenvalue weighted by Gasteiger charge is -2.49. The Kier molecular flexibility index (Phi) is 4.25. The van der Waals surface area contributed by atoms with Crippen molar-refractivity contribution in [2.75, 3.05) is 0 Å². The van der Waals surface area contributed by atoms with Gasteiger partial charge in [0.15, 0.2) is 0 Å². The minimum atomic E-state index is -0.797. The Morgan fingerprint density at radius 1 is 1.10 bits per heavy atom. The minimum absolute atomic E-state index is 0.218. The van der Waals surface area contributed by atoms with Crippen LogP contribution in [0.4, 0.5) is 4.79 Å². The van der Waals surface area contributed by atoms with Crippen molar-refractivity contribution in [3.05, 3.63) is 0 Å². The number of ether oxygens (including phenoxy) is 1. The van der Waals surface area contributed by atoms with E-state index in [1.807, 2.05) is 0 Å². The summed E-state index contributed by atoms with van der Waals surface area (Å²) < 4.78 is 5.24. The highest BCUT2D eigenvalue weighted by Gasteiger charge is 2.54. The van der Waals surface area contributed by atoms with E-state index in [1.54, 1.807) is 20.8 Å². The summed E-state index contributed by atoms with van der Waals surface area (Å²) >= 11 is 0. The fourth-order valence-electron chi connectivity index (χ4n) is 3.62. The van der Waals surface area contributed by atoms with E-state index in [-0.39, 0.29) is 12.0 Å². The average Bonchev–Trinajstić information content (AvgIpc) is 2.46. The Morgan fingerprint density at radius 3 is 2.25 bits per heavy atom. The maximum atomic E-state index is 11.9. The van der Waals surface area contributed by atoms with Crippen LogP contribution in [0, 0.1) is 17.8 Å². The summed E-state index contributed by atoms with van der Waals surface area (Å²) in [6.07, 6.45) is 4.86. The molecule has 114 valence electrons. The van der Waals surface area contributed by atoms with Crippen LogP contribution in [0.15, 0.2) is 0 Å². The maximum absolute atomic E-state index is 11.9. The van der Waals surface area contributed by atoms with Gasteiger partial charge in [0, 0.05) is 6.04 Å². The van der Waals surface area contributed by atoms with Gasteiger partial charge < -0.3 is 15.2 Å². The van der Waals surface area contributed by atoms with Gasteiger partial charge in [-0.15, -0.1) is 0 Å². The molecule has 5 heteroatoms. The van der Waals surface area contributed by atoms with Gasteiger partial charge in [0.25, 0.3) is 0 Å². The number of fused-ring (bicyclic) bond motifs is 1. The van der Waals surface area contributed by atoms with E-state index in [0.29, 0.717) is 5.92 Å². The Morgan fingerprint density at radius 2 is 1.70 bits per heavy atom. The summed E-state index contributed by atoms with van der Waals surface area (Å²) in [5.74, 6) is -0.735. The molecule has 0 spiro atoms. The topological polar surface area (TPSA) is 75.6 Å². The third kappa shape index (κ3) is 3.25. The van der Waals surface area contributed by atoms with Crippen LogP contribution in [-0.2, 0) is 9.53 Å². The maximum Gasteiger partial charge on any atom is 0.407 e. The van der Waals surface area contributed by atoms with E-state index in [0.717, 1.165) is 25.7 Å². The van der Waals surface area contributed by atoms with Gasteiger partial charge in [-0.1, -0.05) is 19.3 Å². The first-order valence-corrected chi connectivity index (χ1v) is 7.52. The van der Waals surface area contributed by atoms with Crippen molar-refractivity contribution in [1.29, 1.82) is 0 Å². The molecule has 0 bridgehead atoms. The number of hydrogen-bond donors (Lipinski definition) is 2. The van der Waals surface area contributed by atoms with Crippen molar-refractivity contribution in [2.45, 2.75) is 64.5 Å². The van der Waals surface area contributed by atoms with Gasteiger partial charge >= 0.3 is 12.1 Å². The minimum Gasteiger partial charge on any atom is -0.481 e. The van der Waals surface area contributed by atoms with Crippen molar-refractivity contribution in [1.82, 2.24) is 5.32 Å². The molecular weight excluding hydrogens is 258 g/mol. The second-order valence-corrected chi connectivity index (χ2v) is 7.00. The highest BCUT2D eigenvalue weighted by Crippen LogP contribution is 2.48. The zero-order chi connectivity index (χ0) is 14.9. The zero-order valence-corrected chi connectivity index (χ0v) is 12.5. The highest BCUT2D eigenvalue weighted by molar-refractivity contribution is 5.75. The van der Waals surface area contributed by atoms with Gasteiger partial charge in [-0.25, -0.2) is 4.79 Å². The predicted molar refractivity (Wildman–Crippen MR) is 74.3 cm³/mol. The molecule has 2 N–H and O–H groups in total. The Labute approximate surface area is 120 Å². The monoisotopic (exact) mass is 283 g/mol. The molecule has 4 unspecified atom stereocenters. The van der Waals surface area contributed by atoms with E-state index in [2.05, 4.69) is 5.32 Å². The molecule has 2 aliphatic carbocycles. The average molecular weight is 283 g/mol. The van der Waals surface area contributed by atoms with Crippen LogP contribution in [0.25, 0.3) is 0 Å². The molecule has 1 amide bonds. The van der Waals surface area contributed by atoms with Crippen molar-refractivity contribution in [3.8, 4) is 0 Å². The van der Waals surface area contributed by atoms with E-state index in [9.17, 15) is 14.7 Å². The second kappa shape index (κ2) is 5.62. The number of hydrogen-bond acceptors (Lipinski definition) is 3. The van der Waals surface area contributed by atoms with Gasteiger partial charge in [-0.05, 0) is 45.4 Å². The van der Waals surface area contributed by atoms with E-state index < -0.39 is 23.6 Å². The number of carbonyl (C=O) groups excluding carboxylic acids is 1. The molecule has 0 aromatic carbocycles. The number of aliphatic carboxylic acids is 1. The van der Waals surface area contributed by atoms with E-state index in [1.165, 1.54) is 6.42 Å². The van der Waals surface area contributed by atoms with Crippen molar-refractivity contribution in [3.63, 3.8) is 0 Å². The fourth-order valence-corrected chi connectivity index (χ4v) is 3.62. The summed E-state index contributed by atoms with van der Waals surface area (Å²) in [7, 11) is 0. The number of alkyl carbamates (subject to hydrolysis) is 1. The molecule has 0 aromatic rings. The standard InChI is InChI=1S/C15H25NO4/c1-15(2,3)20-14(19)16-12-10-8-6-4-5-7-9(10)11(12)13(17)18/h9-12H,4-8H2,1-3H3,(H,16,19)(H,17,18). The van der Waals surface area contributed by atoms with Crippen molar-refractivity contribution in [2.24, 2.45) is 17.8 Å². The van der Waals surface area contributed by atoms with Crippen LogP contribution in [0.5, 0.6) is 0 Å². The molecule has 4 atom stereocenters. The van der Waals surface area contributed by atoms with Crippen LogP contribution >= 0.6 is 0 Å². The van der Waals surface area contributed by atoms with E-state index in [4.69, 9.17) is 4.74 Å². The molecule has 2 fully saturated rings. The lowest BCUT2D eigenvalue weighted by molar-refractivity contribution is -0.155. The Balaban J connectivity index is 2.01. The summed E-state index contributed by atoms with van der Waals surface area (Å²) in [5, 5.41) is 12.2. The lowest BCUT2D eigenvalue weighted by atomic mass is 9.58. The molecule has 0 heterocycles. The predicted octanol–water partition coefficient (Wildman–Crippen LogP) is 2.79. The fraction of sp³-hybridized carbons (Fsp3) is 0.867. The van der Waals surface area contributed by atoms with Crippen molar-refractivity contribution >= 4 is 12.1 Å². The lowest BCUT2D eigenvalue weighted by Crippen LogP contribution is -2.62. The quantitative estimate of drug-likeness (QED) is 0.817. The highest BCUT2D eigenvalue weighted by atomic mass is 16.6. The number of rotatable bonds is 2. The van der Waals surface area contributed by atoms with Gasteiger partial charge in [-0.2, -0.15) is 0 Å². The molecule has 0 saturated heterocycles. The SMILES string of the molecule is CC(C)(C)OC(=O)NC1C2CCCCCC2C1C(=O)O. The number of amides is 1. The van der Waals surface area contributed by atoms with Gasteiger partial charge in [-0.3, -0.25) is 4.79 Å². The van der Waals surface area contributed by atoms with Crippen molar-refractivity contribution < 1.29 is 19.4 Å².